The van der Waals surface area contributed by atoms with Crippen molar-refractivity contribution in [2.45, 2.75) is 44.9 Å². The van der Waals surface area contributed by atoms with E-state index in [1.165, 1.54) is 0 Å². The van der Waals surface area contributed by atoms with Gasteiger partial charge in [-0.25, -0.2) is 4.79 Å². The second-order valence-electron chi connectivity index (χ2n) is 4.34. The minimum atomic E-state index is -0.802. The number of rotatable bonds is 3. The van der Waals surface area contributed by atoms with Crippen molar-refractivity contribution >= 4 is 12.6 Å². The van der Waals surface area contributed by atoms with Crippen molar-refractivity contribution in [1.29, 1.82) is 0 Å². The van der Waals surface area contributed by atoms with Gasteiger partial charge in [-0.15, -0.1) is 0 Å². The van der Waals surface area contributed by atoms with Crippen molar-refractivity contribution in [2.75, 3.05) is 0 Å². The van der Waals surface area contributed by atoms with Gasteiger partial charge < -0.3 is 9.47 Å². The summed E-state index contributed by atoms with van der Waals surface area (Å²) >= 11 is 0. The van der Waals surface area contributed by atoms with Crippen molar-refractivity contribution < 1.29 is 19.1 Å². The van der Waals surface area contributed by atoms with Crippen LogP contribution in [0, 0.1) is 0 Å². The molecule has 0 heterocycles. The van der Waals surface area contributed by atoms with E-state index < -0.39 is 17.4 Å². The van der Waals surface area contributed by atoms with Gasteiger partial charge in [0, 0.05) is 12.8 Å². The lowest BCUT2D eigenvalue weighted by molar-refractivity contribution is -0.136. The third-order valence-electron chi connectivity index (χ3n) is 1.71. The first kappa shape index (κ1) is 10.8. The summed E-state index contributed by atoms with van der Waals surface area (Å²) in [7, 11) is 0. The van der Waals surface area contributed by atoms with E-state index in [1.807, 2.05) is 0 Å². The van der Waals surface area contributed by atoms with E-state index in [4.69, 9.17) is 9.47 Å². The Labute approximate surface area is 82.8 Å². The van der Waals surface area contributed by atoms with Crippen LogP contribution in [0.1, 0.15) is 33.6 Å². The fraction of sp³-hybridized carbons (Fsp3) is 0.778. The molecule has 1 N–H and O–H groups in total. The van der Waals surface area contributed by atoms with Gasteiger partial charge in [0.05, 0.1) is 0 Å². The second kappa shape index (κ2) is 3.48. The van der Waals surface area contributed by atoms with Gasteiger partial charge in [-0.05, 0) is 20.8 Å². The molecule has 80 valence electrons. The Morgan fingerprint density at radius 1 is 1.43 bits per heavy atom. The van der Waals surface area contributed by atoms with Crippen molar-refractivity contribution in [3.63, 3.8) is 0 Å². The van der Waals surface area contributed by atoms with Crippen LogP contribution in [0.3, 0.4) is 0 Å². The molecular weight excluding hydrogens is 186 g/mol. The first-order valence-corrected chi connectivity index (χ1v) is 4.50. The number of carbonyl (C=O) groups excluding carboxylic acids is 2. The number of amides is 1. The summed E-state index contributed by atoms with van der Waals surface area (Å²) in [5, 5.41) is 2.51. The van der Waals surface area contributed by atoms with E-state index in [2.05, 4.69) is 5.32 Å². The largest absolute Gasteiger partial charge is 0.444 e. The first-order chi connectivity index (χ1) is 6.37. The number of hydrogen-bond donors (Lipinski definition) is 1. The van der Waals surface area contributed by atoms with E-state index >= 15 is 0 Å². The lowest BCUT2D eigenvalue weighted by Crippen LogP contribution is -2.42. The topological polar surface area (TPSA) is 64.6 Å². The van der Waals surface area contributed by atoms with Gasteiger partial charge in [0.15, 0.2) is 5.72 Å². The molecule has 0 aromatic rings. The number of nitrogens with one attached hydrogen (secondary N) is 1. The van der Waals surface area contributed by atoms with Crippen LogP contribution in [-0.4, -0.2) is 23.9 Å². The molecule has 1 rings (SSSR count). The van der Waals surface area contributed by atoms with Crippen LogP contribution in [-0.2, 0) is 14.3 Å². The maximum atomic E-state index is 11.3. The molecule has 0 aliphatic heterocycles. The predicted octanol–water partition coefficient (Wildman–Crippen LogP) is 1.17. The maximum Gasteiger partial charge on any atom is 0.410 e. The molecule has 1 saturated carbocycles. The highest BCUT2D eigenvalue weighted by molar-refractivity contribution is 5.69. The summed E-state index contributed by atoms with van der Waals surface area (Å²) in [6.45, 7) is 5.65. The molecule has 0 aromatic heterocycles. The summed E-state index contributed by atoms with van der Waals surface area (Å²) in [4.78, 5) is 21.4. The summed E-state index contributed by atoms with van der Waals surface area (Å²) in [5.74, 6) is 0. The van der Waals surface area contributed by atoms with Gasteiger partial charge >= 0.3 is 6.09 Å². The van der Waals surface area contributed by atoms with Gasteiger partial charge in [-0.2, -0.15) is 0 Å². The molecule has 0 unspecified atom stereocenters. The Bertz CT molecular complexity index is 240. The minimum absolute atomic E-state index is 0.338. The van der Waals surface area contributed by atoms with Crippen molar-refractivity contribution in [3.05, 3.63) is 0 Å². The van der Waals surface area contributed by atoms with Crippen LogP contribution in [0.15, 0.2) is 0 Å². The average Bonchev–Trinajstić information content (AvgIpc) is 2.64. The standard InChI is InChI=1S/C9H15NO4/c1-8(2,3)14-7(12)10-9(4-5-9)13-6-11/h6H,4-5H2,1-3H3,(H,10,12). The Morgan fingerprint density at radius 2 is 2.00 bits per heavy atom. The molecule has 1 fully saturated rings. The van der Waals surface area contributed by atoms with Crippen molar-refractivity contribution in [1.82, 2.24) is 5.32 Å². The maximum absolute atomic E-state index is 11.3. The van der Waals surface area contributed by atoms with Gasteiger partial charge in [0.2, 0.25) is 0 Å². The van der Waals surface area contributed by atoms with Gasteiger partial charge in [0.25, 0.3) is 6.47 Å². The average molecular weight is 201 g/mol. The SMILES string of the molecule is CC(C)(C)OC(=O)NC1(OC=O)CC1. The van der Waals surface area contributed by atoms with Crippen LogP contribution >= 0.6 is 0 Å². The lowest BCUT2D eigenvalue weighted by atomic mass is 10.2. The van der Waals surface area contributed by atoms with Crippen LogP contribution in [0.5, 0.6) is 0 Å². The highest BCUT2D eigenvalue weighted by atomic mass is 16.6. The van der Waals surface area contributed by atoms with Crippen LogP contribution in [0.25, 0.3) is 0 Å². The number of ether oxygens (including phenoxy) is 2. The summed E-state index contributed by atoms with van der Waals surface area (Å²) in [5.41, 5.74) is -1.34. The fourth-order valence-electron chi connectivity index (χ4n) is 0.968. The van der Waals surface area contributed by atoms with Gasteiger partial charge in [0.1, 0.15) is 5.60 Å². The summed E-state index contributed by atoms with van der Waals surface area (Å²) < 4.78 is 9.75. The Morgan fingerprint density at radius 3 is 2.36 bits per heavy atom. The monoisotopic (exact) mass is 201 g/mol. The molecule has 0 bridgehead atoms. The third-order valence-corrected chi connectivity index (χ3v) is 1.71. The number of alkyl carbamates (subject to hydrolysis) is 1. The molecule has 0 saturated heterocycles. The normalized spacial score (nSPS) is 18.2. The van der Waals surface area contributed by atoms with E-state index in [-0.39, 0.29) is 0 Å². The van der Waals surface area contributed by atoms with E-state index in [9.17, 15) is 9.59 Å². The lowest BCUT2D eigenvalue weighted by Gasteiger charge is -2.22. The molecule has 0 radical (unpaired) electrons. The second-order valence-corrected chi connectivity index (χ2v) is 4.34. The predicted molar refractivity (Wildman–Crippen MR) is 48.5 cm³/mol. The van der Waals surface area contributed by atoms with E-state index in [0.717, 1.165) is 0 Å². The summed E-state index contributed by atoms with van der Waals surface area (Å²) in [6, 6.07) is 0. The number of carbonyl (C=O) groups is 2. The minimum Gasteiger partial charge on any atom is -0.444 e. The zero-order valence-corrected chi connectivity index (χ0v) is 8.62. The molecular formula is C9H15NO4. The summed E-state index contributed by atoms with van der Waals surface area (Å²) in [6.07, 6.45) is 0.729. The quantitative estimate of drug-likeness (QED) is 0.550. The zero-order chi connectivity index (χ0) is 10.8. The van der Waals surface area contributed by atoms with Crippen LogP contribution in [0.2, 0.25) is 0 Å². The molecule has 0 aromatic carbocycles. The molecule has 1 aliphatic rings. The van der Waals surface area contributed by atoms with Crippen molar-refractivity contribution in [3.8, 4) is 0 Å². The highest BCUT2D eigenvalue weighted by Crippen LogP contribution is 2.36. The Kier molecular flexibility index (Phi) is 2.69. The number of hydrogen-bond acceptors (Lipinski definition) is 4. The molecule has 1 aliphatic carbocycles. The van der Waals surface area contributed by atoms with Crippen LogP contribution < -0.4 is 5.32 Å². The smallest absolute Gasteiger partial charge is 0.410 e. The molecule has 0 spiro atoms. The zero-order valence-electron chi connectivity index (χ0n) is 8.62. The van der Waals surface area contributed by atoms with Crippen LogP contribution in [0.4, 0.5) is 4.79 Å². The molecule has 5 heteroatoms. The fourth-order valence-corrected chi connectivity index (χ4v) is 0.968. The van der Waals surface area contributed by atoms with Gasteiger partial charge in [-0.1, -0.05) is 0 Å². The van der Waals surface area contributed by atoms with Crippen molar-refractivity contribution in [2.24, 2.45) is 0 Å². The molecule has 14 heavy (non-hydrogen) atoms. The first-order valence-electron chi connectivity index (χ1n) is 4.50. The molecule has 5 nitrogen and oxygen atoms in total. The van der Waals surface area contributed by atoms with E-state index in [0.29, 0.717) is 19.3 Å². The van der Waals surface area contributed by atoms with Gasteiger partial charge in [-0.3, -0.25) is 10.1 Å². The highest BCUT2D eigenvalue weighted by Gasteiger charge is 2.47. The Balaban J connectivity index is 2.37. The Hall–Kier alpha value is -1.26. The third kappa shape index (κ3) is 3.24. The van der Waals surface area contributed by atoms with E-state index in [1.54, 1.807) is 20.8 Å². The molecule has 0 atom stereocenters. The molecule has 1 amide bonds.